The molecule has 1 N–H and O–H groups in total. The Morgan fingerprint density at radius 1 is 1.03 bits per heavy atom. The monoisotopic (exact) mass is 397 g/mol. The fourth-order valence-electron chi connectivity index (χ4n) is 3.55. The summed E-state index contributed by atoms with van der Waals surface area (Å²) < 4.78 is 42.2. The van der Waals surface area contributed by atoms with Gasteiger partial charge in [-0.3, -0.25) is 9.56 Å². The molecule has 148 valence electrons. The molecule has 1 saturated carbocycles. The molecule has 29 heavy (non-hydrogen) atoms. The summed E-state index contributed by atoms with van der Waals surface area (Å²) in [5, 5.41) is 11.9. The van der Waals surface area contributed by atoms with Crippen molar-refractivity contribution in [2.45, 2.75) is 38.1 Å². The van der Waals surface area contributed by atoms with Gasteiger partial charge in [-0.25, -0.2) is 0 Å². The topological polar surface area (TPSA) is 55.1 Å². The summed E-state index contributed by atoms with van der Waals surface area (Å²) >= 11 is 0. The minimum absolute atomic E-state index is 0.247. The highest BCUT2D eigenvalue weighted by Gasteiger charge is 2.33. The summed E-state index contributed by atoms with van der Waals surface area (Å²) in [6.07, 6.45) is -2.17. The third kappa shape index (κ3) is 3.44. The number of alkyl halides is 3. The highest BCUT2D eigenvalue weighted by atomic mass is 19.4. The summed E-state index contributed by atoms with van der Waals surface area (Å²) in [4.78, 5) is 4.63. The number of aliphatic imine (C=N–C) groups is 1. The Hall–Kier alpha value is -3.00. The smallest absolute Gasteiger partial charge is 0.307 e. The molecule has 2 aromatic carbocycles. The van der Waals surface area contributed by atoms with Crippen molar-refractivity contribution in [3.63, 3.8) is 0 Å². The van der Waals surface area contributed by atoms with Crippen LogP contribution in [-0.2, 0) is 19.3 Å². The second-order valence-corrected chi connectivity index (χ2v) is 7.28. The Kier molecular flexibility index (Phi) is 4.24. The Morgan fingerprint density at radius 3 is 2.55 bits per heavy atom. The van der Waals surface area contributed by atoms with E-state index in [1.807, 2.05) is 34.9 Å². The SMILES string of the molecule is FC(F)(F)c1ccc2c(c1)C(c1ccccc1)=NCc1nnc(CNC3CC3)n1-2. The first-order chi connectivity index (χ1) is 14.0. The van der Waals surface area contributed by atoms with Crippen LogP contribution < -0.4 is 5.32 Å². The number of hydrogen-bond acceptors (Lipinski definition) is 4. The first-order valence-corrected chi connectivity index (χ1v) is 9.49. The lowest BCUT2D eigenvalue weighted by Gasteiger charge is -2.16. The second-order valence-electron chi connectivity index (χ2n) is 7.28. The Bertz CT molecular complexity index is 1080. The number of rotatable bonds is 4. The number of aromatic nitrogens is 3. The third-order valence-corrected chi connectivity index (χ3v) is 5.17. The van der Waals surface area contributed by atoms with Crippen molar-refractivity contribution in [3.05, 3.63) is 76.9 Å². The van der Waals surface area contributed by atoms with Crippen LogP contribution >= 0.6 is 0 Å². The lowest BCUT2D eigenvalue weighted by atomic mass is 9.98. The molecule has 0 bridgehead atoms. The molecule has 1 aromatic heterocycles. The molecule has 3 aromatic rings. The highest BCUT2D eigenvalue weighted by molar-refractivity contribution is 6.15. The molecule has 1 aliphatic carbocycles. The molecule has 0 saturated heterocycles. The second kappa shape index (κ2) is 6.81. The van der Waals surface area contributed by atoms with Gasteiger partial charge in [-0.05, 0) is 31.0 Å². The van der Waals surface area contributed by atoms with E-state index in [0.717, 1.165) is 24.5 Å². The van der Waals surface area contributed by atoms with E-state index < -0.39 is 11.7 Å². The summed E-state index contributed by atoms with van der Waals surface area (Å²) in [6, 6.07) is 13.5. The molecule has 2 aliphatic rings. The minimum Gasteiger partial charge on any atom is -0.307 e. The number of halogens is 3. The van der Waals surface area contributed by atoms with Crippen molar-refractivity contribution in [2.75, 3.05) is 0 Å². The fraction of sp³-hybridized carbons (Fsp3) is 0.286. The van der Waals surface area contributed by atoms with Crippen LogP contribution in [0, 0.1) is 0 Å². The first-order valence-electron chi connectivity index (χ1n) is 9.49. The van der Waals surface area contributed by atoms with Crippen LogP contribution in [0.5, 0.6) is 0 Å². The number of hydrogen-bond donors (Lipinski definition) is 1. The van der Waals surface area contributed by atoms with Crippen LogP contribution in [0.15, 0.2) is 53.5 Å². The van der Waals surface area contributed by atoms with Crippen molar-refractivity contribution < 1.29 is 13.2 Å². The van der Waals surface area contributed by atoms with E-state index >= 15 is 0 Å². The van der Waals surface area contributed by atoms with E-state index in [1.54, 1.807) is 0 Å². The van der Waals surface area contributed by atoms with E-state index in [4.69, 9.17) is 0 Å². The Balaban J connectivity index is 1.67. The van der Waals surface area contributed by atoms with Gasteiger partial charge in [-0.15, -0.1) is 10.2 Å². The van der Waals surface area contributed by atoms with Crippen molar-refractivity contribution in [2.24, 2.45) is 4.99 Å². The molecule has 2 heterocycles. The molecule has 0 amide bonds. The van der Waals surface area contributed by atoms with Gasteiger partial charge in [0.05, 0.1) is 23.5 Å². The third-order valence-electron chi connectivity index (χ3n) is 5.17. The summed E-state index contributed by atoms with van der Waals surface area (Å²) in [5.41, 5.74) is 1.64. The lowest BCUT2D eigenvalue weighted by Crippen LogP contribution is -2.20. The van der Waals surface area contributed by atoms with Gasteiger partial charge in [0.1, 0.15) is 6.54 Å². The zero-order valence-corrected chi connectivity index (χ0v) is 15.4. The highest BCUT2D eigenvalue weighted by Crippen LogP contribution is 2.34. The zero-order valence-electron chi connectivity index (χ0n) is 15.4. The number of benzene rings is 2. The predicted octanol–water partition coefficient (Wildman–Crippen LogP) is 3.89. The quantitative estimate of drug-likeness (QED) is 0.727. The van der Waals surface area contributed by atoms with E-state index in [2.05, 4.69) is 20.5 Å². The van der Waals surface area contributed by atoms with Gasteiger partial charge in [-0.2, -0.15) is 13.2 Å². The van der Waals surface area contributed by atoms with Crippen LogP contribution in [0.4, 0.5) is 13.2 Å². The first kappa shape index (κ1) is 18.1. The Labute approximate surface area is 165 Å². The molecular weight excluding hydrogens is 379 g/mol. The van der Waals surface area contributed by atoms with E-state index in [0.29, 0.717) is 41.2 Å². The number of nitrogens with one attached hydrogen (secondary N) is 1. The molecule has 1 fully saturated rings. The molecule has 0 atom stereocenters. The average molecular weight is 397 g/mol. The standard InChI is InChI=1S/C21H18F3N5/c22-21(23,24)14-6-9-17-16(10-14)20(13-4-2-1-3-5-13)26-12-19-28-27-18(29(17)19)11-25-15-7-8-15/h1-6,9-10,15,25H,7-8,11-12H2. The maximum atomic E-state index is 13.4. The van der Waals surface area contributed by atoms with Crippen LogP contribution in [0.25, 0.3) is 5.69 Å². The van der Waals surface area contributed by atoms with E-state index in [-0.39, 0.29) is 6.54 Å². The van der Waals surface area contributed by atoms with Crippen molar-refractivity contribution in [1.29, 1.82) is 0 Å². The zero-order chi connectivity index (χ0) is 20.0. The lowest BCUT2D eigenvalue weighted by molar-refractivity contribution is -0.137. The number of fused-ring (bicyclic) bond motifs is 3. The summed E-state index contributed by atoms with van der Waals surface area (Å²) in [5.74, 6) is 1.29. The maximum absolute atomic E-state index is 13.4. The van der Waals surface area contributed by atoms with Gasteiger partial charge in [0.15, 0.2) is 11.6 Å². The van der Waals surface area contributed by atoms with E-state index in [9.17, 15) is 13.2 Å². The number of nitrogens with zero attached hydrogens (tertiary/aromatic N) is 4. The van der Waals surface area contributed by atoms with Crippen LogP contribution in [0.2, 0.25) is 0 Å². The van der Waals surface area contributed by atoms with Gasteiger partial charge < -0.3 is 5.32 Å². The minimum atomic E-state index is -4.44. The maximum Gasteiger partial charge on any atom is 0.416 e. The predicted molar refractivity (Wildman–Crippen MR) is 102 cm³/mol. The van der Waals surface area contributed by atoms with Gasteiger partial charge in [0.25, 0.3) is 0 Å². The summed E-state index contributed by atoms with van der Waals surface area (Å²) in [7, 11) is 0. The van der Waals surface area contributed by atoms with Gasteiger partial charge in [-0.1, -0.05) is 30.3 Å². The molecule has 5 nitrogen and oxygen atoms in total. The van der Waals surface area contributed by atoms with Gasteiger partial charge in [0.2, 0.25) is 0 Å². The van der Waals surface area contributed by atoms with Crippen LogP contribution in [-0.4, -0.2) is 26.5 Å². The fourth-order valence-corrected chi connectivity index (χ4v) is 3.55. The molecule has 5 rings (SSSR count). The molecule has 1 aliphatic heterocycles. The normalized spacial score (nSPS) is 16.0. The van der Waals surface area contributed by atoms with Gasteiger partial charge in [0, 0.05) is 17.2 Å². The molecule has 0 unspecified atom stereocenters. The molecular formula is C21H18F3N5. The largest absolute Gasteiger partial charge is 0.416 e. The molecule has 0 spiro atoms. The van der Waals surface area contributed by atoms with Crippen LogP contribution in [0.1, 0.15) is 41.2 Å². The van der Waals surface area contributed by atoms with Gasteiger partial charge >= 0.3 is 6.18 Å². The van der Waals surface area contributed by atoms with E-state index in [1.165, 1.54) is 12.1 Å². The van der Waals surface area contributed by atoms with Crippen LogP contribution in [0.3, 0.4) is 0 Å². The van der Waals surface area contributed by atoms with Crippen molar-refractivity contribution in [1.82, 2.24) is 20.1 Å². The average Bonchev–Trinajstić information content (AvgIpc) is 3.48. The molecule has 0 radical (unpaired) electrons. The Morgan fingerprint density at radius 2 is 1.83 bits per heavy atom. The van der Waals surface area contributed by atoms with Crippen molar-refractivity contribution in [3.8, 4) is 5.69 Å². The van der Waals surface area contributed by atoms with Crippen molar-refractivity contribution >= 4 is 5.71 Å². The summed E-state index contributed by atoms with van der Waals surface area (Å²) in [6.45, 7) is 0.759. The molecule has 8 heteroatoms.